The zero-order valence-electron chi connectivity index (χ0n) is 10.5. The second-order valence-electron chi connectivity index (χ2n) is 4.06. The lowest BCUT2D eigenvalue weighted by Gasteiger charge is -2.33. The van der Waals surface area contributed by atoms with Crippen molar-refractivity contribution in [3.63, 3.8) is 0 Å². The molecule has 0 aliphatic carbocycles. The second-order valence-corrected chi connectivity index (χ2v) is 4.06. The molecule has 0 unspecified atom stereocenters. The summed E-state index contributed by atoms with van der Waals surface area (Å²) in [5.41, 5.74) is 6.67. The summed E-state index contributed by atoms with van der Waals surface area (Å²) in [6, 6.07) is 4.88. The van der Waals surface area contributed by atoms with Gasteiger partial charge < -0.3 is 15.7 Å². The molecule has 1 rings (SSSR count). The molecule has 3 nitrogen and oxygen atoms in total. The van der Waals surface area contributed by atoms with E-state index in [-0.39, 0.29) is 18.5 Å². The van der Waals surface area contributed by atoms with Crippen LogP contribution in [0.2, 0.25) is 0 Å². The fraction of sp³-hybridized carbons (Fsp3) is 0.538. The van der Waals surface area contributed by atoms with Gasteiger partial charge in [-0.3, -0.25) is 0 Å². The van der Waals surface area contributed by atoms with Crippen LogP contribution in [0.4, 0.5) is 15.8 Å². The van der Waals surface area contributed by atoms with E-state index < -0.39 is 0 Å². The van der Waals surface area contributed by atoms with Crippen molar-refractivity contribution < 1.29 is 9.50 Å². The predicted molar refractivity (Wildman–Crippen MR) is 69.6 cm³/mol. The summed E-state index contributed by atoms with van der Waals surface area (Å²) in [5.74, 6) is -0.328. The molecule has 4 heteroatoms. The van der Waals surface area contributed by atoms with Crippen molar-refractivity contribution in [1.82, 2.24) is 0 Å². The zero-order chi connectivity index (χ0) is 12.8. The Morgan fingerprint density at radius 3 is 2.47 bits per heavy atom. The smallest absolute Gasteiger partial charge is 0.148 e. The summed E-state index contributed by atoms with van der Waals surface area (Å²) in [7, 11) is 0. The molecule has 96 valence electrons. The van der Waals surface area contributed by atoms with Crippen LogP contribution in [0.15, 0.2) is 18.2 Å². The van der Waals surface area contributed by atoms with E-state index in [9.17, 15) is 4.39 Å². The number of hydrogen-bond donors (Lipinski definition) is 2. The van der Waals surface area contributed by atoms with E-state index in [1.807, 2.05) is 4.90 Å². The largest absolute Gasteiger partial charge is 0.397 e. The first-order valence-corrected chi connectivity index (χ1v) is 6.07. The maximum atomic E-state index is 13.9. The number of halogens is 1. The molecule has 0 aliphatic heterocycles. The molecule has 0 heterocycles. The summed E-state index contributed by atoms with van der Waals surface area (Å²) >= 11 is 0. The number of aliphatic hydroxyl groups is 1. The van der Waals surface area contributed by atoms with E-state index in [4.69, 9.17) is 10.8 Å². The normalized spacial score (nSPS) is 10.9. The number of para-hydroxylation sites is 1. The van der Waals surface area contributed by atoms with Crippen LogP contribution in [-0.4, -0.2) is 24.3 Å². The first-order valence-electron chi connectivity index (χ1n) is 6.07. The van der Waals surface area contributed by atoms with Crippen LogP contribution in [0.25, 0.3) is 0 Å². The minimum Gasteiger partial charge on any atom is -0.397 e. The quantitative estimate of drug-likeness (QED) is 0.751. The number of nitrogen functional groups attached to an aromatic ring is 1. The van der Waals surface area contributed by atoms with Gasteiger partial charge in [-0.1, -0.05) is 19.9 Å². The zero-order valence-corrected chi connectivity index (χ0v) is 10.5. The fourth-order valence-corrected chi connectivity index (χ4v) is 2.15. The first-order chi connectivity index (χ1) is 8.15. The molecule has 0 radical (unpaired) electrons. The standard InChI is InChI=1S/C13H21FN2O/c1-3-10(4-2)16(8-9-17)13-11(14)6-5-7-12(13)15/h5-7,10,17H,3-4,8-9,15H2,1-2H3. The van der Waals surface area contributed by atoms with Gasteiger partial charge in [0, 0.05) is 12.6 Å². The van der Waals surface area contributed by atoms with Gasteiger partial charge in [0.15, 0.2) is 0 Å². The van der Waals surface area contributed by atoms with E-state index in [1.54, 1.807) is 12.1 Å². The Hall–Kier alpha value is -1.29. The number of aliphatic hydroxyl groups excluding tert-OH is 1. The Kier molecular flexibility index (Phi) is 5.22. The summed E-state index contributed by atoms with van der Waals surface area (Å²) < 4.78 is 13.9. The molecule has 1 aromatic carbocycles. The molecule has 17 heavy (non-hydrogen) atoms. The van der Waals surface area contributed by atoms with Gasteiger partial charge in [0.05, 0.1) is 18.0 Å². The summed E-state index contributed by atoms with van der Waals surface area (Å²) in [6.45, 7) is 4.49. The predicted octanol–water partition coefficient (Wildman–Crippen LogP) is 2.40. The van der Waals surface area contributed by atoms with Crippen LogP contribution in [0.1, 0.15) is 26.7 Å². The molecule has 0 bridgehead atoms. The highest BCUT2D eigenvalue weighted by Crippen LogP contribution is 2.29. The Labute approximate surface area is 102 Å². The highest BCUT2D eigenvalue weighted by atomic mass is 19.1. The lowest BCUT2D eigenvalue weighted by Crippen LogP contribution is -2.37. The number of benzene rings is 1. The molecule has 3 N–H and O–H groups in total. The summed E-state index contributed by atoms with van der Waals surface area (Å²) in [5, 5.41) is 9.11. The first kappa shape index (κ1) is 13.8. The van der Waals surface area contributed by atoms with Crippen LogP contribution >= 0.6 is 0 Å². The van der Waals surface area contributed by atoms with Gasteiger partial charge in [0.2, 0.25) is 0 Å². The van der Waals surface area contributed by atoms with E-state index in [1.165, 1.54) is 6.07 Å². The molecule has 0 aliphatic rings. The number of nitrogens with zero attached hydrogens (tertiary/aromatic N) is 1. The highest BCUT2D eigenvalue weighted by Gasteiger charge is 2.20. The average molecular weight is 240 g/mol. The van der Waals surface area contributed by atoms with Gasteiger partial charge >= 0.3 is 0 Å². The van der Waals surface area contributed by atoms with E-state index >= 15 is 0 Å². The number of rotatable bonds is 6. The Bertz CT molecular complexity index is 333. The SMILES string of the molecule is CCC(CC)N(CCO)c1c(N)cccc1F. The van der Waals surface area contributed by atoms with Crippen molar-refractivity contribution in [2.75, 3.05) is 23.8 Å². The van der Waals surface area contributed by atoms with Gasteiger partial charge in [0.25, 0.3) is 0 Å². The third-order valence-corrected chi connectivity index (χ3v) is 3.03. The van der Waals surface area contributed by atoms with Crippen LogP contribution in [0, 0.1) is 5.82 Å². The van der Waals surface area contributed by atoms with Gasteiger partial charge in [-0.05, 0) is 25.0 Å². The lowest BCUT2D eigenvalue weighted by atomic mass is 10.1. The van der Waals surface area contributed by atoms with Gasteiger partial charge in [-0.15, -0.1) is 0 Å². The molecule has 0 fully saturated rings. The maximum Gasteiger partial charge on any atom is 0.148 e. The third kappa shape index (κ3) is 3.09. The van der Waals surface area contributed by atoms with Crippen LogP contribution in [0.3, 0.4) is 0 Å². The van der Waals surface area contributed by atoms with Crippen molar-refractivity contribution in [2.45, 2.75) is 32.7 Å². The molecular formula is C13H21FN2O. The van der Waals surface area contributed by atoms with Gasteiger partial charge in [0.1, 0.15) is 5.82 Å². The molecule has 0 aromatic heterocycles. The van der Waals surface area contributed by atoms with Gasteiger partial charge in [-0.25, -0.2) is 4.39 Å². The van der Waals surface area contributed by atoms with Crippen molar-refractivity contribution in [3.8, 4) is 0 Å². The van der Waals surface area contributed by atoms with Crippen molar-refractivity contribution in [2.24, 2.45) is 0 Å². The Balaban J connectivity index is 3.12. The highest BCUT2D eigenvalue weighted by molar-refractivity contribution is 5.68. The van der Waals surface area contributed by atoms with Gasteiger partial charge in [-0.2, -0.15) is 0 Å². The number of hydrogen-bond acceptors (Lipinski definition) is 3. The molecule has 0 spiro atoms. The molecule has 0 saturated heterocycles. The average Bonchev–Trinajstić information content (AvgIpc) is 2.30. The minimum absolute atomic E-state index is 0.00965. The van der Waals surface area contributed by atoms with Crippen molar-refractivity contribution in [3.05, 3.63) is 24.0 Å². The molecular weight excluding hydrogens is 219 g/mol. The Morgan fingerprint density at radius 1 is 1.35 bits per heavy atom. The van der Waals surface area contributed by atoms with Crippen LogP contribution in [-0.2, 0) is 0 Å². The monoisotopic (exact) mass is 240 g/mol. The maximum absolute atomic E-state index is 13.9. The van der Waals surface area contributed by atoms with Crippen molar-refractivity contribution in [1.29, 1.82) is 0 Å². The van der Waals surface area contributed by atoms with E-state index in [0.717, 1.165) is 12.8 Å². The van der Waals surface area contributed by atoms with Crippen LogP contribution in [0.5, 0.6) is 0 Å². The third-order valence-electron chi connectivity index (χ3n) is 3.03. The molecule has 0 atom stereocenters. The molecule has 0 amide bonds. The number of nitrogens with two attached hydrogens (primary N) is 1. The van der Waals surface area contributed by atoms with E-state index in [2.05, 4.69) is 13.8 Å². The second kappa shape index (κ2) is 6.45. The Morgan fingerprint density at radius 2 is 2.00 bits per heavy atom. The van der Waals surface area contributed by atoms with Crippen LogP contribution < -0.4 is 10.6 Å². The number of anilines is 2. The molecule has 1 aromatic rings. The summed E-state index contributed by atoms with van der Waals surface area (Å²) in [4.78, 5) is 1.87. The summed E-state index contributed by atoms with van der Waals surface area (Å²) in [6.07, 6.45) is 1.79. The molecule has 0 saturated carbocycles. The topological polar surface area (TPSA) is 49.5 Å². The van der Waals surface area contributed by atoms with E-state index in [0.29, 0.717) is 17.9 Å². The minimum atomic E-state index is -0.328. The fourth-order valence-electron chi connectivity index (χ4n) is 2.15. The van der Waals surface area contributed by atoms with Crippen molar-refractivity contribution >= 4 is 11.4 Å². The lowest BCUT2D eigenvalue weighted by molar-refractivity contribution is 0.295.